The Labute approximate surface area is 161 Å². The Morgan fingerprint density at radius 1 is 1.04 bits per heavy atom. The van der Waals surface area contributed by atoms with Crippen LogP contribution in [0.5, 0.6) is 0 Å². The van der Waals surface area contributed by atoms with Gasteiger partial charge in [-0.2, -0.15) is 0 Å². The van der Waals surface area contributed by atoms with Gasteiger partial charge in [0.15, 0.2) is 0 Å². The van der Waals surface area contributed by atoms with E-state index in [1.54, 1.807) is 12.1 Å². The molecule has 1 aromatic heterocycles. The summed E-state index contributed by atoms with van der Waals surface area (Å²) < 4.78 is 27.1. The molecule has 0 fully saturated rings. The quantitative estimate of drug-likeness (QED) is 0.618. The standard InChI is InChI=1S/C18H18N4O3S2/c1-12-6-8-15(9-7-12)16(23)20-17-21-22-18(26-17)27(24,25)19-11-14-5-3-4-13(2)10-14/h3-10,19H,11H2,1-2H3,(H,20,21,23). The Kier molecular flexibility index (Phi) is 5.64. The number of anilines is 1. The first-order chi connectivity index (χ1) is 12.8. The lowest BCUT2D eigenvalue weighted by atomic mass is 10.1. The molecule has 1 amide bonds. The van der Waals surface area contributed by atoms with Crippen LogP contribution in [0, 0.1) is 13.8 Å². The zero-order valence-corrected chi connectivity index (χ0v) is 16.4. The van der Waals surface area contributed by atoms with Gasteiger partial charge < -0.3 is 0 Å². The number of benzene rings is 2. The SMILES string of the molecule is Cc1ccc(C(=O)Nc2nnc(S(=O)(=O)NCc3cccc(C)c3)s2)cc1. The number of sulfonamides is 1. The van der Waals surface area contributed by atoms with E-state index in [1.807, 2.05) is 50.2 Å². The second-order valence-corrected chi connectivity index (χ2v) is 8.93. The van der Waals surface area contributed by atoms with Gasteiger partial charge in [-0.25, -0.2) is 13.1 Å². The minimum absolute atomic E-state index is 0.122. The number of nitrogens with one attached hydrogen (secondary N) is 2. The number of amides is 1. The van der Waals surface area contributed by atoms with E-state index in [1.165, 1.54) is 0 Å². The lowest BCUT2D eigenvalue weighted by Gasteiger charge is -2.04. The Morgan fingerprint density at radius 2 is 1.78 bits per heavy atom. The molecule has 0 saturated carbocycles. The number of aryl methyl sites for hydroxylation is 2. The molecule has 0 unspecified atom stereocenters. The van der Waals surface area contributed by atoms with Crippen molar-refractivity contribution in [2.45, 2.75) is 24.7 Å². The van der Waals surface area contributed by atoms with E-state index in [-0.39, 0.29) is 21.9 Å². The summed E-state index contributed by atoms with van der Waals surface area (Å²) in [6, 6.07) is 14.5. The zero-order valence-electron chi connectivity index (χ0n) is 14.8. The normalized spacial score (nSPS) is 11.3. The molecule has 2 N–H and O–H groups in total. The van der Waals surface area contributed by atoms with Gasteiger partial charge in [0, 0.05) is 12.1 Å². The zero-order chi connectivity index (χ0) is 19.4. The van der Waals surface area contributed by atoms with Crippen LogP contribution in [0.25, 0.3) is 0 Å². The van der Waals surface area contributed by atoms with Crippen LogP contribution in [0.2, 0.25) is 0 Å². The maximum atomic E-state index is 12.4. The number of carbonyl (C=O) groups excluding carboxylic acids is 1. The fraction of sp³-hybridized carbons (Fsp3) is 0.167. The molecular formula is C18H18N4O3S2. The highest BCUT2D eigenvalue weighted by atomic mass is 32.2. The number of carbonyl (C=O) groups is 1. The van der Waals surface area contributed by atoms with Gasteiger partial charge in [0.1, 0.15) is 0 Å². The number of nitrogens with zero attached hydrogens (tertiary/aromatic N) is 2. The second kappa shape index (κ2) is 7.95. The first-order valence-electron chi connectivity index (χ1n) is 8.10. The molecule has 0 spiro atoms. The molecule has 1 heterocycles. The average molecular weight is 403 g/mol. The van der Waals surface area contributed by atoms with Gasteiger partial charge in [-0.1, -0.05) is 58.9 Å². The summed E-state index contributed by atoms with van der Waals surface area (Å²) >= 11 is 0.800. The second-order valence-electron chi connectivity index (χ2n) is 6.01. The van der Waals surface area contributed by atoms with Crippen molar-refractivity contribution < 1.29 is 13.2 Å². The van der Waals surface area contributed by atoms with Crippen LogP contribution in [0.1, 0.15) is 27.0 Å². The molecule has 0 atom stereocenters. The highest BCUT2D eigenvalue weighted by Crippen LogP contribution is 2.21. The smallest absolute Gasteiger partial charge is 0.270 e. The van der Waals surface area contributed by atoms with Crippen LogP contribution in [0.3, 0.4) is 0 Å². The van der Waals surface area contributed by atoms with Crippen LogP contribution >= 0.6 is 11.3 Å². The molecule has 0 aliphatic rings. The number of hydrogen-bond acceptors (Lipinski definition) is 6. The summed E-state index contributed by atoms with van der Waals surface area (Å²) in [4.78, 5) is 12.2. The minimum Gasteiger partial charge on any atom is -0.296 e. The van der Waals surface area contributed by atoms with Crippen molar-refractivity contribution in [3.8, 4) is 0 Å². The summed E-state index contributed by atoms with van der Waals surface area (Å²) in [6.07, 6.45) is 0. The van der Waals surface area contributed by atoms with Gasteiger partial charge in [0.05, 0.1) is 0 Å². The van der Waals surface area contributed by atoms with E-state index in [9.17, 15) is 13.2 Å². The molecule has 0 aliphatic heterocycles. The Bertz CT molecular complexity index is 1060. The summed E-state index contributed by atoms with van der Waals surface area (Å²) in [5.74, 6) is -0.372. The van der Waals surface area contributed by atoms with Crippen molar-refractivity contribution in [1.29, 1.82) is 0 Å². The molecule has 0 radical (unpaired) electrons. The summed E-state index contributed by atoms with van der Waals surface area (Å²) in [5, 5.41) is 10.1. The van der Waals surface area contributed by atoms with Gasteiger partial charge in [0.2, 0.25) is 9.47 Å². The van der Waals surface area contributed by atoms with E-state index in [0.29, 0.717) is 5.56 Å². The molecule has 3 rings (SSSR count). The van der Waals surface area contributed by atoms with E-state index in [4.69, 9.17) is 0 Å². The molecule has 27 heavy (non-hydrogen) atoms. The van der Waals surface area contributed by atoms with Gasteiger partial charge in [0.25, 0.3) is 15.9 Å². The van der Waals surface area contributed by atoms with E-state index >= 15 is 0 Å². The summed E-state index contributed by atoms with van der Waals surface area (Å²) in [7, 11) is -3.81. The Hall–Kier alpha value is -2.62. The first-order valence-corrected chi connectivity index (χ1v) is 10.4. The highest BCUT2D eigenvalue weighted by molar-refractivity contribution is 7.91. The molecule has 3 aromatic rings. The van der Waals surface area contributed by atoms with Crippen LogP contribution in [0.15, 0.2) is 52.9 Å². The van der Waals surface area contributed by atoms with Crippen LogP contribution < -0.4 is 10.0 Å². The Morgan fingerprint density at radius 3 is 2.48 bits per heavy atom. The third-order valence-electron chi connectivity index (χ3n) is 3.72. The predicted octanol–water partition coefficient (Wildman–Crippen LogP) is 2.89. The maximum absolute atomic E-state index is 12.4. The van der Waals surface area contributed by atoms with Crippen molar-refractivity contribution in [3.63, 3.8) is 0 Å². The Balaban J connectivity index is 1.66. The first kappa shape index (κ1) is 19.2. The molecule has 9 heteroatoms. The lowest BCUT2D eigenvalue weighted by molar-refractivity contribution is 0.102. The predicted molar refractivity (Wildman–Crippen MR) is 104 cm³/mol. The molecule has 7 nitrogen and oxygen atoms in total. The van der Waals surface area contributed by atoms with Gasteiger partial charge in [-0.15, -0.1) is 10.2 Å². The fourth-order valence-electron chi connectivity index (χ4n) is 2.31. The van der Waals surface area contributed by atoms with Gasteiger partial charge >= 0.3 is 0 Å². The van der Waals surface area contributed by atoms with E-state index < -0.39 is 10.0 Å². The van der Waals surface area contributed by atoms with Gasteiger partial charge in [-0.3, -0.25) is 10.1 Å². The molecule has 0 saturated heterocycles. The molecule has 0 bridgehead atoms. The molecule has 2 aromatic carbocycles. The van der Waals surface area contributed by atoms with Crippen LogP contribution in [-0.2, 0) is 16.6 Å². The number of hydrogen-bond donors (Lipinski definition) is 2. The minimum atomic E-state index is -3.81. The molecule has 0 aliphatic carbocycles. The third-order valence-corrected chi connectivity index (χ3v) is 6.33. The van der Waals surface area contributed by atoms with E-state index in [0.717, 1.165) is 28.0 Å². The maximum Gasteiger partial charge on any atom is 0.270 e. The van der Waals surface area contributed by atoms with Crippen LogP contribution in [-0.4, -0.2) is 24.5 Å². The molecular weight excluding hydrogens is 384 g/mol. The van der Waals surface area contributed by atoms with Crippen molar-refractivity contribution in [1.82, 2.24) is 14.9 Å². The largest absolute Gasteiger partial charge is 0.296 e. The fourth-order valence-corrected chi connectivity index (χ4v) is 4.26. The number of aromatic nitrogens is 2. The van der Waals surface area contributed by atoms with Gasteiger partial charge in [-0.05, 0) is 31.5 Å². The van der Waals surface area contributed by atoms with E-state index in [2.05, 4.69) is 20.2 Å². The van der Waals surface area contributed by atoms with Crippen molar-refractivity contribution >= 4 is 32.4 Å². The monoisotopic (exact) mass is 402 g/mol. The lowest BCUT2D eigenvalue weighted by Crippen LogP contribution is -2.23. The van der Waals surface area contributed by atoms with Crippen molar-refractivity contribution in [3.05, 3.63) is 70.8 Å². The summed E-state index contributed by atoms with van der Waals surface area (Å²) in [5.41, 5.74) is 3.38. The summed E-state index contributed by atoms with van der Waals surface area (Å²) in [6.45, 7) is 4.01. The number of rotatable bonds is 6. The average Bonchev–Trinajstić information content (AvgIpc) is 3.10. The highest BCUT2D eigenvalue weighted by Gasteiger charge is 2.21. The third kappa shape index (κ3) is 4.97. The van der Waals surface area contributed by atoms with Crippen molar-refractivity contribution in [2.24, 2.45) is 0 Å². The molecule has 140 valence electrons. The topological polar surface area (TPSA) is 101 Å². The van der Waals surface area contributed by atoms with Crippen LogP contribution in [0.4, 0.5) is 5.13 Å². The van der Waals surface area contributed by atoms with Crippen molar-refractivity contribution in [2.75, 3.05) is 5.32 Å².